The minimum Gasteiger partial charge on any atom is -0.366 e. The van der Waals surface area contributed by atoms with Crippen LogP contribution in [0.4, 0.5) is 0 Å². The van der Waals surface area contributed by atoms with Crippen LogP contribution in [0.15, 0.2) is 60.7 Å². The summed E-state index contributed by atoms with van der Waals surface area (Å²) < 4.78 is 0. The van der Waals surface area contributed by atoms with Crippen LogP contribution in [0.1, 0.15) is 35.5 Å². The molecule has 3 heteroatoms. The van der Waals surface area contributed by atoms with Crippen molar-refractivity contribution in [3.05, 3.63) is 77.5 Å². The lowest BCUT2D eigenvalue weighted by molar-refractivity contribution is 0.0999. The molecule has 0 saturated carbocycles. The van der Waals surface area contributed by atoms with Crippen molar-refractivity contribution in [2.24, 2.45) is 5.73 Å². The van der Waals surface area contributed by atoms with Crippen molar-refractivity contribution in [2.45, 2.75) is 26.7 Å². The van der Waals surface area contributed by atoms with Crippen molar-refractivity contribution in [1.82, 2.24) is 4.98 Å². The quantitative estimate of drug-likeness (QED) is 0.741. The number of nitrogens with two attached hydrogens (primary N) is 1. The maximum Gasteiger partial charge on any atom is 0.250 e. The molecule has 0 bridgehead atoms. The van der Waals surface area contributed by atoms with E-state index in [2.05, 4.69) is 31.2 Å². The molecule has 0 aliphatic carbocycles. The molecule has 3 aromatic rings. The first-order chi connectivity index (χ1) is 12.1. The summed E-state index contributed by atoms with van der Waals surface area (Å²) in [4.78, 5) is 16.7. The fourth-order valence-corrected chi connectivity index (χ4v) is 2.99. The van der Waals surface area contributed by atoms with Gasteiger partial charge in [-0.3, -0.25) is 9.78 Å². The lowest BCUT2D eigenvalue weighted by Gasteiger charge is -2.14. The summed E-state index contributed by atoms with van der Waals surface area (Å²) in [5.74, 6) is -0.436. The number of carbonyl (C=O) groups is 1. The molecular formula is C22H22N2O. The average Bonchev–Trinajstić information content (AvgIpc) is 2.67. The lowest BCUT2D eigenvalue weighted by Crippen LogP contribution is -2.15. The van der Waals surface area contributed by atoms with Gasteiger partial charge in [-0.2, -0.15) is 0 Å². The van der Waals surface area contributed by atoms with Crippen molar-refractivity contribution in [3.8, 4) is 22.4 Å². The first-order valence-electron chi connectivity index (χ1n) is 8.62. The van der Waals surface area contributed by atoms with Crippen LogP contribution in [-0.4, -0.2) is 10.9 Å². The SMILES string of the molecule is CCc1ccc(-c2nc(CC)c(C(N)=O)cc2-c2ccccc2)cc1. The number of rotatable bonds is 5. The van der Waals surface area contributed by atoms with Gasteiger partial charge >= 0.3 is 0 Å². The fraction of sp³-hybridized carbons (Fsp3) is 0.182. The highest BCUT2D eigenvalue weighted by Gasteiger charge is 2.16. The van der Waals surface area contributed by atoms with Crippen LogP contribution >= 0.6 is 0 Å². The highest BCUT2D eigenvalue weighted by Crippen LogP contribution is 2.32. The second-order valence-corrected chi connectivity index (χ2v) is 6.01. The minimum absolute atomic E-state index is 0.436. The van der Waals surface area contributed by atoms with Crippen LogP contribution in [0, 0.1) is 0 Å². The third kappa shape index (κ3) is 3.45. The zero-order valence-corrected chi connectivity index (χ0v) is 14.6. The van der Waals surface area contributed by atoms with E-state index in [1.54, 1.807) is 0 Å². The van der Waals surface area contributed by atoms with Crippen LogP contribution in [0.5, 0.6) is 0 Å². The Bertz CT molecular complexity index is 884. The number of aromatic nitrogens is 1. The number of amides is 1. The van der Waals surface area contributed by atoms with E-state index in [0.717, 1.165) is 34.5 Å². The summed E-state index contributed by atoms with van der Waals surface area (Å²) in [6.45, 7) is 4.13. The number of hydrogen-bond acceptors (Lipinski definition) is 2. The van der Waals surface area contributed by atoms with E-state index in [4.69, 9.17) is 10.7 Å². The fourth-order valence-electron chi connectivity index (χ4n) is 2.99. The molecule has 3 rings (SSSR count). The van der Waals surface area contributed by atoms with E-state index < -0.39 is 5.91 Å². The van der Waals surface area contributed by atoms with Crippen molar-refractivity contribution in [1.29, 1.82) is 0 Å². The molecule has 25 heavy (non-hydrogen) atoms. The Labute approximate surface area is 148 Å². The molecule has 0 fully saturated rings. The topological polar surface area (TPSA) is 56.0 Å². The molecule has 0 aliphatic rings. The highest BCUT2D eigenvalue weighted by atomic mass is 16.1. The van der Waals surface area contributed by atoms with Crippen LogP contribution in [0.2, 0.25) is 0 Å². The number of pyridine rings is 1. The Balaban J connectivity index is 2.25. The average molecular weight is 330 g/mol. The minimum atomic E-state index is -0.436. The molecule has 126 valence electrons. The van der Waals surface area contributed by atoms with Crippen LogP contribution in [0.3, 0.4) is 0 Å². The van der Waals surface area contributed by atoms with Gasteiger partial charge in [0.05, 0.1) is 17.0 Å². The molecule has 0 saturated heterocycles. The smallest absolute Gasteiger partial charge is 0.250 e. The van der Waals surface area contributed by atoms with Gasteiger partial charge in [-0.05, 0) is 30.0 Å². The monoisotopic (exact) mass is 330 g/mol. The summed E-state index contributed by atoms with van der Waals surface area (Å²) in [5, 5.41) is 0. The standard InChI is InChI=1S/C22H22N2O/c1-3-15-10-12-17(13-11-15)21-18(16-8-6-5-7-9-16)14-19(22(23)25)20(4-2)24-21/h5-14H,3-4H2,1-2H3,(H2,23,25). The van der Waals surface area contributed by atoms with E-state index >= 15 is 0 Å². The van der Waals surface area contributed by atoms with Gasteiger partial charge in [-0.15, -0.1) is 0 Å². The zero-order valence-electron chi connectivity index (χ0n) is 14.6. The third-order valence-corrected chi connectivity index (χ3v) is 4.42. The third-order valence-electron chi connectivity index (χ3n) is 4.42. The molecule has 0 spiro atoms. The number of primary amides is 1. The van der Waals surface area contributed by atoms with Crippen molar-refractivity contribution in [2.75, 3.05) is 0 Å². The Hall–Kier alpha value is -2.94. The molecule has 2 aromatic carbocycles. The number of benzene rings is 2. The van der Waals surface area contributed by atoms with Gasteiger partial charge in [-0.25, -0.2) is 0 Å². The van der Waals surface area contributed by atoms with Crippen molar-refractivity contribution >= 4 is 5.91 Å². The first-order valence-corrected chi connectivity index (χ1v) is 8.62. The maximum absolute atomic E-state index is 11.9. The predicted molar refractivity (Wildman–Crippen MR) is 102 cm³/mol. The van der Waals surface area contributed by atoms with Gasteiger partial charge in [0, 0.05) is 11.1 Å². The summed E-state index contributed by atoms with van der Waals surface area (Å²) in [7, 11) is 0. The van der Waals surface area contributed by atoms with Crippen LogP contribution in [0.25, 0.3) is 22.4 Å². The molecule has 0 atom stereocenters. The van der Waals surface area contributed by atoms with Gasteiger partial charge in [0.25, 0.3) is 5.91 Å². The number of aryl methyl sites for hydroxylation is 2. The Morgan fingerprint density at radius 1 is 0.920 bits per heavy atom. The van der Waals surface area contributed by atoms with Gasteiger partial charge in [0.15, 0.2) is 0 Å². The lowest BCUT2D eigenvalue weighted by atomic mass is 9.95. The predicted octanol–water partition coefficient (Wildman–Crippen LogP) is 4.64. The Morgan fingerprint density at radius 2 is 1.60 bits per heavy atom. The summed E-state index contributed by atoms with van der Waals surface area (Å²) in [5.41, 5.74) is 12.0. The Morgan fingerprint density at radius 3 is 2.16 bits per heavy atom. The summed E-state index contributed by atoms with van der Waals surface area (Å²) in [6, 6.07) is 20.3. The van der Waals surface area contributed by atoms with Crippen molar-refractivity contribution in [3.63, 3.8) is 0 Å². The van der Waals surface area contributed by atoms with E-state index in [-0.39, 0.29) is 0 Å². The molecule has 2 N–H and O–H groups in total. The number of carbonyl (C=O) groups excluding carboxylic acids is 1. The molecule has 1 amide bonds. The van der Waals surface area contributed by atoms with Crippen LogP contribution in [-0.2, 0) is 12.8 Å². The first kappa shape index (κ1) is 16.9. The normalized spacial score (nSPS) is 10.6. The molecule has 0 aliphatic heterocycles. The molecule has 1 heterocycles. The van der Waals surface area contributed by atoms with E-state index in [0.29, 0.717) is 12.0 Å². The zero-order chi connectivity index (χ0) is 17.8. The highest BCUT2D eigenvalue weighted by molar-refractivity contribution is 5.97. The molecular weight excluding hydrogens is 308 g/mol. The molecule has 3 nitrogen and oxygen atoms in total. The number of hydrogen-bond donors (Lipinski definition) is 1. The molecule has 1 aromatic heterocycles. The van der Waals surface area contributed by atoms with E-state index in [9.17, 15) is 4.79 Å². The van der Waals surface area contributed by atoms with Crippen molar-refractivity contribution < 1.29 is 4.79 Å². The summed E-state index contributed by atoms with van der Waals surface area (Å²) in [6.07, 6.45) is 1.66. The van der Waals surface area contributed by atoms with E-state index in [1.807, 2.05) is 43.3 Å². The van der Waals surface area contributed by atoms with E-state index in [1.165, 1.54) is 5.56 Å². The largest absolute Gasteiger partial charge is 0.366 e. The maximum atomic E-state index is 11.9. The van der Waals surface area contributed by atoms with Gasteiger partial charge in [-0.1, -0.05) is 68.4 Å². The van der Waals surface area contributed by atoms with Gasteiger partial charge in [0.2, 0.25) is 0 Å². The molecule has 0 unspecified atom stereocenters. The van der Waals surface area contributed by atoms with Gasteiger partial charge in [0.1, 0.15) is 0 Å². The van der Waals surface area contributed by atoms with Gasteiger partial charge < -0.3 is 5.73 Å². The Kier molecular flexibility index (Phi) is 4.94. The molecule has 0 radical (unpaired) electrons. The number of nitrogens with zero attached hydrogens (tertiary/aromatic N) is 1. The van der Waals surface area contributed by atoms with Crippen LogP contribution < -0.4 is 5.73 Å². The summed E-state index contributed by atoms with van der Waals surface area (Å²) >= 11 is 0. The second-order valence-electron chi connectivity index (χ2n) is 6.01. The second kappa shape index (κ2) is 7.31.